The van der Waals surface area contributed by atoms with Gasteiger partial charge < -0.3 is 4.74 Å². The molecule has 2 unspecified atom stereocenters. The third-order valence-corrected chi connectivity index (χ3v) is 7.27. The van der Waals surface area contributed by atoms with E-state index in [0.717, 1.165) is 37.7 Å². The van der Waals surface area contributed by atoms with Crippen LogP contribution in [0.15, 0.2) is 30.4 Å². The van der Waals surface area contributed by atoms with Crippen LogP contribution in [0, 0.1) is 11.8 Å². The van der Waals surface area contributed by atoms with E-state index in [9.17, 15) is 4.79 Å². The largest absolute Gasteiger partial charge is 0.461 e. The normalized spacial score (nSPS) is 25.2. The van der Waals surface area contributed by atoms with Crippen molar-refractivity contribution < 1.29 is 9.53 Å². The zero-order valence-electron chi connectivity index (χ0n) is 16.1. The standard InChI is InChI=1S/C22H29BrCl2O2/c1-3-4-5-6-7-18-13-21(23)22(25)20(18)9-8-16-10-17(12-19(24)11-16)14-27-15(2)26/h5-6,10-12,18,20-22H,3-4,7-9,13-14H2,1-2H3/b6-5-/t18-,20+,21?,22?/m0/s1. The highest BCUT2D eigenvalue weighted by Gasteiger charge is 2.39. The second-order valence-corrected chi connectivity index (χ2v) is 9.52. The van der Waals surface area contributed by atoms with Gasteiger partial charge in [0.25, 0.3) is 0 Å². The zero-order chi connectivity index (χ0) is 19.8. The third-order valence-electron chi connectivity index (χ3n) is 5.17. The van der Waals surface area contributed by atoms with Crippen LogP contribution in [-0.2, 0) is 22.6 Å². The van der Waals surface area contributed by atoms with Crippen molar-refractivity contribution in [2.45, 2.75) is 69.2 Å². The van der Waals surface area contributed by atoms with Crippen molar-refractivity contribution in [3.05, 3.63) is 46.5 Å². The lowest BCUT2D eigenvalue weighted by molar-refractivity contribution is -0.142. The van der Waals surface area contributed by atoms with E-state index in [2.05, 4.69) is 41.1 Å². The van der Waals surface area contributed by atoms with Gasteiger partial charge in [-0.15, -0.1) is 11.6 Å². The molecular weight excluding hydrogens is 447 g/mol. The summed E-state index contributed by atoms with van der Waals surface area (Å²) in [5.74, 6) is 0.817. The first-order chi connectivity index (χ1) is 12.9. The van der Waals surface area contributed by atoms with Crippen LogP contribution in [0.3, 0.4) is 0 Å². The van der Waals surface area contributed by atoms with Gasteiger partial charge in [0.1, 0.15) is 6.61 Å². The Balaban J connectivity index is 1.99. The number of ether oxygens (including phenoxy) is 1. The Bertz CT molecular complexity index is 647. The van der Waals surface area contributed by atoms with Crippen LogP contribution in [0.2, 0.25) is 5.02 Å². The maximum Gasteiger partial charge on any atom is 0.302 e. The van der Waals surface area contributed by atoms with Gasteiger partial charge in [-0.1, -0.05) is 59.1 Å². The fourth-order valence-electron chi connectivity index (χ4n) is 3.81. The summed E-state index contributed by atoms with van der Waals surface area (Å²) >= 11 is 16.7. The van der Waals surface area contributed by atoms with Gasteiger partial charge in [0.2, 0.25) is 0 Å². The van der Waals surface area contributed by atoms with Crippen molar-refractivity contribution >= 4 is 45.1 Å². The number of carbonyl (C=O) groups is 1. The topological polar surface area (TPSA) is 26.3 Å². The minimum absolute atomic E-state index is 0.161. The number of benzene rings is 1. The number of carbonyl (C=O) groups excluding carboxylic acids is 1. The van der Waals surface area contributed by atoms with Crippen molar-refractivity contribution in [3.63, 3.8) is 0 Å². The molecule has 1 aromatic rings. The minimum atomic E-state index is -0.283. The molecule has 2 rings (SSSR count). The van der Waals surface area contributed by atoms with Gasteiger partial charge >= 0.3 is 5.97 Å². The maximum atomic E-state index is 11.0. The molecule has 1 aromatic carbocycles. The van der Waals surface area contributed by atoms with E-state index in [4.69, 9.17) is 27.9 Å². The molecule has 0 aromatic heterocycles. The van der Waals surface area contributed by atoms with E-state index in [-0.39, 0.29) is 18.0 Å². The van der Waals surface area contributed by atoms with Crippen LogP contribution in [0.5, 0.6) is 0 Å². The van der Waals surface area contributed by atoms with Gasteiger partial charge in [-0.05, 0) is 67.2 Å². The van der Waals surface area contributed by atoms with E-state index in [1.807, 2.05) is 12.1 Å². The molecule has 1 aliphatic rings. The van der Waals surface area contributed by atoms with E-state index in [0.29, 0.717) is 21.7 Å². The van der Waals surface area contributed by atoms with Gasteiger partial charge in [0, 0.05) is 22.2 Å². The van der Waals surface area contributed by atoms with E-state index in [1.165, 1.54) is 18.9 Å². The molecule has 27 heavy (non-hydrogen) atoms. The first-order valence-corrected chi connectivity index (χ1v) is 11.5. The lowest BCUT2D eigenvalue weighted by Gasteiger charge is -2.21. The summed E-state index contributed by atoms with van der Waals surface area (Å²) in [5.41, 5.74) is 2.10. The molecule has 0 heterocycles. The molecule has 0 saturated heterocycles. The minimum Gasteiger partial charge on any atom is -0.461 e. The molecule has 4 atom stereocenters. The summed E-state index contributed by atoms with van der Waals surface area (Å²) in [5, 5.41) is 0.843. The van der Waals surface area contributed by atoms with Crippen LogP contribution in [0.1, 0.15) is 57.1 Å². The number of esters is 1. The van der Waals surface area contributed by atoms with Crippen LogP contribution in [0.4, 0.5) is 0 Å². The number of hydrogen-bond acceptors (Lipinski definition) is 2. The van der Waals surface area contributed by atoms with Crippen molar-refractivity contribution in [1.29, 1.82) is 0 Å². The summed E-state index contributed by atoms with van der Waals surface area (Å²) in [6.07, 6.45) is 11.1. The van der Waals surface area contributed by atoms with Crippen LogP contribution in [-0.4, -0.2) is 16.2 Å². The Morgan fingerprint density at radius 3 is 2.74 bits per heavy atom. The monoisotopic (exact) mass is 474 g/mol. The maximum absolute atomic E-state index is 11.0. The highest BCUT2D eigenvalue weighted by Crippen LogP contribution is 2.44. The lowest BCUT2D eigenvalue weighted by Crippen LogP contribution is -2.18. The highest BCUT2D eigenvalue weighted by molar-refractivity contribution is 9.09. The summed E-state index contributed by atoms with van der Waals surface area (Å²) in [6.45, 7) is 3.88. The first kappa shape index (κ1) is 22.8. The molecule has 0 radical (unpaired) electrons. The first-order valence-electron chi connectivity index (χ1n) is 9.75. The number of halogens is 3. The summed E-state index contributed by atoms with van der Waals surface area (Å²) in [4.78, 5) is 11.4. The molecule has 5 heteroatoms. The second kappa shape index (κ2) is 11.5. The molecule has 0 spiro atoms. The van der Waals surface area contributed by atoms with E-state index < -0.39 is 0 Å². The summed E-state index contributed by atoms with van der Waals surface area (Å²) in [7, 11) is 0. The molecule has 0 N–H and O–H groups in total. The molecule has 0 bridgehead atoms. The fourth-order valence-corrected chi connectivity index (χ4v) is 5.39. The Morgan fingerprint density at radius 1 is 1.30 bits per heavy atom. The van der Waals surface area contributed by atoms with E-state index >= 15 is 0 Å². The molecule has 0 amide bonds. The van der Waals surface area contributed by atoms with Crippen molar-refractivity contribution in [3.8, 4) is 0 Å². The van der Waals surface area contributed by atoms with Gasteiger partial charge in [-0.25, -0.2) is 0 Å². The molecule has 2 nitrogen and oxygen atoms in total. The average molecular weight is 476 g/mol. The van der Waals surface area contributed by atoms with Crippen molar-refractivity contribution in [2.24, 2.45) is 11.8 Å². The number of aryl methyl sites for hydroxylation is 1. The SMILES string of the molecule is CCC/C=C\C[C@H]1CC(Br)C(Cl)[C@@H]1CCc1cc(Cl)cc(COC(C)=O)c1. The van der Waals surface area contributed by atoms with Gasteiger partial charge in [0.15, 0.2) is 0 Å². The Morgan fingerprint density at radius 2 is 2.04 bits per heavy atom. The third kappa shape index (κ3) is 7.44. The van der Waals surface area contributed by atoms with Crippen LogP contribution >= 0.6 is 39.1 Å². The zero-order valence-corrected chi connectivity index (χ0v) is 19.2. The number of rotatable bonds is 9. The smallest absolute Gasteiger partial charge is 0.302 e. The Kier molecular flexibility index (Phi) is 9.69. The number of hydrogen-bond donors (Lipinski definition) is 0. The van der Waals surface area contributed by atoms with Gasteiger partial charge in [0.05, 0.1) is 0 Å². The number of alkyl halides is 2. The quantitative estimate of drug-likeness (QED) is 0.216. The number of unbranched alkanes of at least 4 members (excludes halogenated alkanes) is 1. The van der Waals surface area contributed by atoms with E-state index in [1.54, 1.807) is 0 Å². The van der Waals surface area contributed by atoms with Crippen molar-refractivity contribution in [2.75, 3.05) is 0 Å². The average Bonchev–Trinajstić information content (AvgIpc) is 2.88. The second-order valence-electron chi connectivity index (χ2n) is 7.40. The summed E-state index contributed by atoms with van der Waals surface area (Å²) < 4.78 is 5.10. The lowest BCUT2D eigenvalue weighted by atomic mass is 9.87. The van der Waals surface area contributed by atoms with Gasteiger partial charge in [-0.3, -0.25) is 4.79 Å². The van der Waals surface area contributed by atoms with Crippen LogP contribution in [0.25, 0.3) is 0 Å². The molecule has 1 aliphatic carbocycles. The van der Waals surface area contributed by atoms with Crippen LogP contribution < -0.4 is 0 Å². The molecule has 1 fully saturated rings. The fraction of sp³-hybridized carbons (Fsp3) is 0.591. The predicted octanol–water partition coefficient (Wildman–Crippen LogP) is 7.09. The van der Waals surface area contributed by atoms with Crippen molar-refractivity contribution in [1.82, 2.24) is 0 Å². The highest BCUT2D eigenvalue weighted by atomic mass is 79.9. The van der Waals surface area contributed by atoms with Gasteiger partial charge in [-0.2, -0.15) is 0 Å². The summed E-state index contributed by atoms with van der Waals surface area (Å²) in [6, 6.07) is 5.93. The predicted molar refractivity (Wildman–Crippen MR) is 118 cm³/mol. The molecule has 1 saturated carbocycles. The Hall–Kier alpha value is -0.510. The Labute approximate surface area is 181 Å². The number of allylic oxidation sites excluding steroid dienone is 2. The molecule has 150 valence electrons. The molecular formula is C22H29BrCl2O2. The molecule has 0 aliphatic heterocycles.